The zero-order valence-electron chi connectivity index (χ0n) is 11.6. The van der Waals surface area contributed by atoms with Gasteiger partial charge in [-0.05, 0) is 35.4 Å². The summed E-state index contributed by atoms with van der Waals surface area (Å²) in [5.74, 6) is 0. The molecule has 0 unspecified atom stereocenters. The highest BCUT2D eigenvalue weighted by atomic mass is 19.4. The summed E-state index contributed by atoms with van der Waals surface area (Å²) in [6.07, 6.45) is -1.09. The smallest absolute Gasteiger partial charge is 0.370 e. The van der Waals surface area contributed by atoms with Gasteiger partial charge >= 0.3 is 6.18 Å². The van der Waals surface area contributed by atoms with Gasteiger partial charge in [-0.1, -0.05) is 6.07 Å². The molecule has 112 valence electrons. The molecule has 0 spiro atoms. The van der Waals surface area contributed by atoms with Crippen molar-refractivity contribution in [1.29, 1.82) is 0 Å². The van der Waals surface area contributed by atoms with E-state index in [1.165, 1.54) is 6.07 Å². The first kappa shape index (κ1) is 15.3. The van der Waals surface area contributed by atoms with Gasteiger partial charge in [0.05, 0.1) is 5.56 Å². The summed E-state index contributed by atoms with van der Waals surface area (Å²) < 4.78 is 39.1. The first-order valence-electron chi connectivity index (χ1n) is 6.42. The largest absolute Gasteiger partial charge is 0.416 e. The van der Waals surface area contributed by atoms with Crippen LogP contribution in [0.4, 0.5) is 18.9 Å². The van der Waals surface area contributed by atoms with E-state index in [0.29, 0.717) is 12.2 Å². The lowest BCUT2D eigenvalue weighted by Crippen LogP contribution is -2.19. The van der Waals surface area contributed by atoms with Gasteiger partial charge in [0.1, 0.15) is 0 Å². The van der Waals surface area contributed by atoms with E-state index >= 15 is 0 Å². The van der Waals surface area contributed by atoms with E-state index in [0.717, 1.165) is 11.6 Å². The molecule has 3 nitrogen and oxygen atoms in total. The number of pyridine rings is 1. The molecular weight excluding hydrogens is 279 g/mol. The van der Waals surface area contributed by atoms with Crippen molar-refractivity contribution >= 4 is 5.69 Å². The minimum atomic E-state index is -4.40. The normalized spacial score (nSPS) is 11.5. The lowest BCUT2D eigenvalue weighted by Gasteiger charge is -2.22. The third kappa shape index (κ3) is 3.72. The highest BCUT2D eigenvalue weighted by Crippen LogP contribution is 2.34. The predicted octanol–water partition coefficient (Wildman–Crippen LogP) is 3.20. The maximum Gasteiger partial charge on any atom is 0.416 e. The Morgan fingerprint density at radius 2 is 1.81 bits per heavy atom. The molecule has 2 N–H and O–H groups in total. The molecule has 0 fully saturated rings. The van der Waals surface area contributed by atoms with E-state index in [-0.39, 0.29) is 12.1 Å². The summed E-state index contributed by atoms with van der Waals surface area (Å²) in [5.41, 5.74) is 6.27. The van der Waals surface area contributed by atoms with E-state index in [9.17, 15) is 13.2 Å². The van der Waals surface area contributed by atoms with E-state index in [1.54, 1.807) is 30.4 Å². The maximum absolute atomic E-state index is 13.0. The van der Waals surface area contributed by atoms with Crippen LogP contribution in [0.25, 0.3) is 0 Å². The molecule has 2 aromatic rings. The SMILES string of the molecule is CN(Cc1ccncc1)c1ccc(CN)c(C(F)(F)F)c1. The first-order valence-corrected chi connectivity index (χ1v) is 6.42. The van der Waals surface area contributed by atoms with Crippen LogP contribution in [0.1, 0.15) is 16.7 Å². The third-order valence-electron chi connectivity index (χ3n) is 3.23. The Labute approximate surface area is 121 Å². The summed E-state index contributed by atoms with van der Waals surface area (Å²) in [7, 11) is 1.75. The van der Waals surface area contributed by atoms with Crippen LogP contribution < -0.4 is 10.6 Å². The average Bonchev–Trinajstić information content (AvgIpc) is 2.46. The number of aromatic nitrogens is 1. The fourth-order valence-corrected chi connectivity index (χ4v) is 2.10. The number of halogens is 3. The minimum absolute atomic E-state index is 0.101. The molecule has 2 rings (SSSR count). The Morgan fingerprint density at radius 3 is 2.38 bits per heavy atom. The van der Waals surface area contributed by atoms with Crippen molar-refractivity contribution < 1.29 is 13.2 Å². The van der Waals surface area contributed by atoms with Crippen LogP contribution in [0.5, 0.6) is 0 Å². The molecule has 1 aromatic carbocycles. The molecule has 0 saturated heterocycles. The number of hydrogen-bond acceptors (Lipinski definition) is 3. The summed E-state index contributed by atoms with van der Waals surface area (Å²) >= 11 is 0. The fourth-order valence-electron chi connectivity index (χ4n) is 2.10. The topological polar surface area (TPSA) is 42.2 Å². The number of alkyl halides is 3. The number of hydrogen-bond donors (Lipinski definition) is 1. The predicted molar refractivity (Wildman–Crippen MR) is 75.7 cm³/mol. The molecule has 0 radical (unpaired) electrons. The second kappa shape index (κ2) is 6.13. The van der Waals surface area contributed by atoms with Crippen LogP contribution in [-0.2, 0) is 19.3 Å². The summed E-state index contributed by atoms with van der Waals surface area (Å²) in [6.45, 7) is 0.366. The highest BCUT2D eigenvalue weighted by Gasteiger charge is 2.33. The molecule has 0 aliphatic heterocycles. The Kier molecular flexibility index (Phi) is 4.47. The molecular formula is C15H16F3N3. The molecule has 1 aromatic heterocycles. The van der Waals surface area contributed by atoms with Crippen molar-refractivity contribution in [1.82, 2.24) is 4.98 Å². The van der Waals surface area contributed by atoms with E-state index in [2.05, 4.69) is 4.98 Å². The molecule has 1 heterocycles. The molecule has 0 amide bonds. The molecule has 0 atom stereocenters. The second-order valence-electron chi connectivity index (χ2n) is 4.75. The zero-order valence-corrected chi connectivity index (χ0v) is 11.6. The van der Waals surface area contributed by atoms with Crippen LogP contribution in [0.2, 0.25) is 0 Å². The quantitative estimate of drug-likeness (QED) is 0.942. The van der Waals surface area contributed by atoms with Crippen LogP contribution in [0.15, 0.2) is 42.7 Å². The summed E-state index contributed by atoms with van der Waals surface area (Å²) in [5, 5.41) is 0. The lowest BCUT2D eigenvalue weighted by molar-refractivity contribution is -0.138. The lowest BCUT2D eigenvalue weighted by atomic mass is 10.1. The Hall–Kier alpha value is -2.08. The van der Waals surface area contributed by atoms with Crippen LogP contribution >= 0.6 is 0 Å². The first-order chi connectivity index (χ1) is 9.91. The molecule has 6 heteroatoms. The third-order valence-corrected chi connectivity index (χ3v) is 3.23. The second-order valence-corrected chi connectivity index (χ2v) is 4.75. The molecule has 0 saturated carbocycles. The number of anilines is 1. The molecule has 0 bridgehead atoms. The van der Waals surface area contributed by atoms with Crippen molar-refractivity contribution in [2.75, 3.05) is 11.9 Å². The van der Waals surface area contributed by atoms with Crippen molar-refractivity contribution in [3.05, 3.63) is 59.4 Å². The fraction of sp³-hybridized carbons (Fsp3) is 0.267. The minimum Gasteiger partial charge on any atom is -0.370 e. The van der Waals surface area contributed by atoms with Crippen LogP contribution in [0, 0.1) is 0 Å². The van der Waals surface area contributed by atoms with Gasteiger partial charge in [-0.25, -0.2) is 0 Å². The van der Waals surface area contributed by atoms with E-state index in [1.807, 2.05) is 12.1 Å². The van der Waals surface area contributed by atoms with Gasteiger partial charge in [0, 0.05) is 38.2 Å². The Bertz CT molecular complexity index is 597. The van der Waals surface area contributed by atoms with Gasteiger partial charge in [-0.3, -0.25) is 4.98 Å². The summed E-state index contributed by atoms with van der Waals surface area (Å²) in [4.78, 5) is 5.67. The molecule has 0 aliphatic rings. The Balaban J connectivity index is 2.28. The monoisotopic (exact) mass is 295 g/mol. The van der Waals surface area contributed by atoms with Gasteiger partial charge < -0.3 is 10.6 Å². The van der Waals surface area contributed by atoms with Gasteiger partial charge in [0.15, 0.2) is 0 Å². The van der Waals surface area contributed by atoms with Crippen molar-refractivity contribution in [2.24, 2.45) is 5.73 Å². The highest BCUT2D eigenvalue weighted by molar-refractivity contribution is 5.51. The van der Waals surface area contributed by atoms with Crippen LogP contribution in [0.3, 0.4) is 0 Å². The number of benzene rings is 1. The zero-order chi connectivity index (χ0) is 15.5. The van der Waals surface area contributed by atoms with Gasteiger partial charge in [0.25, 0.3) is 0 Å². The number of nitrogens with two attached hydrogens (primary N) is 1. The molecule has 0 aliphatic carbocycles. The van der Waals surface area contributed by atoms with Crippen molar-refractivity contribution in [3.63, 3.8) is 0 Å². The molecule has 21 heavy (non-hydrogen) atoms. The summed E-state index contributed by atoms with van der Waals surface area (Å²) in [6, 6.07) is 7.88. The van der Waals surface area contributed by atoms with E-state index < -0.39 is 11.7 Å². The van der Waals surface area contributed by atoms with Gasteiger partial charge in [-0.2, -0.15) is 13.2 Å². The van der Waals surface area contributed by atoms with Crippen molar-refractivity contribution in [2.45, 2.75) is 19.3 Å². The number of rotatable bonds is 4. The maximum atomic E-state index is 13.0. The standard InChI is InChI=1S/C15H16F3N3/c1-21(10-11-4-6-20-7-5-11)13-3-2-12(9-19)14(8-13)15(16,17)18/h2-8H,9-10,19H2,1H3. The Morgan fingerprint density at radius 1 is 1.14 bits per heavy atom. The average molecular weight is 295 g/mol. The number of nitrogens with zero attached hydrogens (tertiary/aromatic N) is 2. The van der Waals surface area contributed by atoms with Crippen LogP contribution in [-0.4, -0.2) is 12.0 Å². The van der Waals surface area contributed by atoms with Gasteiger partial charge in [-0.15, -0.1) is 0 Å². The van der Waals surface area contributed by atoms with Gasteiger partial charge in [0.2, 0.25) is 0 Å². The van der Waals surface area contributed by atoms with E-state index in [4.69, 9.17) is 5.73 Å². The van der Waals surface area contributed by atoms with Crippen molar-refractivity contribution in [3.8, 4) is 0 Å².